The summed E-state index contributed by atoms with van der Waals surface area (Å²) in [6.45, 7) is 1.95. The maximum atomic E-state index is 12.6. The molecule has 0 aliphatic carbocycles. The van der Waals surface area contributed by atoms with Crippen LogP contribution in [0.4, 0.5) is 0 Å². The van der Waals surface area contributed by atoms with E-state index < -0.39 is 10.2 Å². The molecule has 0 fully saturated rings. The summed E-state index contributed by atoms with van der Waals surface area (Å²) in [4.78, 5) is 12.6. The lowest BCUT2D eigenvalue weighted by Crippen LogP contribution is -2.28. The van der Waals surface area contributed by atoms with Gasteiger partial charge in [0, 0.05) is 17.9 Å². The lowest BCUT2D eigenvalue weighted by atomic mass is 9.82. The Bertz CT molecular complexity index is 756. The topological polar surface area (TPSA) is 64.7 Å². The lowest BCUT2D eigenvalue weighted by molar-refractivity contribution is 0.0972. The highest BCUT2D eigenvalue weighted by molar-refractivity contribution is 9.10. The van der Waals surface area contributed by atoms with Crippen LogP contribution in [0.2, 0.25) is 0 Å². The molecule has 0 aromatic heterocycles. The molecule has 2 rings (SSSR count). The Labute approximate surface area is 144 Å². The Morgan fingerprint density at radius 3 is 2.17 bits per heavy atom. The SMILES string of the molecule is Cc1ccc(C(=O)C[C@H](c2ccccc2)C(Br)(C#N)C#N)cc1. The molecule has 0 radical (unpaired) electrons. The number of carbonyl (C=O) groups excluding carboxylic acids is 1. The van der Waals surface area contributed by atoms with Gasteiger partial charge in [0.05, 0.1) is 12.1 Å². The van der Waals surface area contributed by atoms with Gasteiger partial charge in [-0.2, -0.15) is 10.5 Å². The van der Waals surface area contributed by atoms with Crippen molar-refractivity contribution < 1.29 is 4.79 Å². The molecule has 4 heteroatoms. The van der Waals surface area contributed by atoms with Gasteiger partial charge in [-0.05, 0) is 12.5 Å². The van der Waals surface area contributed by atoms with E-state index in [0.29, 0.717) is 5.56 Å². The van der Waals surface area contributed by atoms with E-state index in [1.165, 1.54) is 0 Å². The molecule has 3 nitrogen and oxygen atoms in total. The van der Waals surface area contributed by atoms with E-state index in [2.05, 4.69) is 15.9 Å². The van der Waals surface area contributed by atoms with Crippen LogP contribution >= 0.6 is 15.9 Å². The van der Waals surface area contributed by atoms with Crippen LogP contribution in [-0.4, -0.2) is 10.1 Å². The van der Waals surface area contributed by atoms with E-state index in [1.807, 2.05) is 61.5 Å². The predicted molar refractivity (Wildman–Crippen MR) is 92.2 cm³/mol. The minimum Gasteiger partial charge on any atom is -0.294 e. The summed E-state index contributed by atoms with van der Waals surface area (Å²) in [5, 5.41) is 18.8. The molecule has 0 heterocycles. The Balaban J connectivity index is 2.36. The zero-order chi connectivity index (χ0) is 16.9. The van der Waals surface area contributed by atoms with Crippen molar-refractivity contribution in [3.8, 4) is 12.1 Å². The minimum absolute atomic E-state index is 0.0828. The second-order valence-corrected chi connectivity index (χ2v) is 6.64. The van der Waals surface area contributed by atoms with E-state index in [-0.39, 0.29) is 12.2 Å². The molecular formula is C19H15BrN2O. The summed E-state index contributed by atoms with van der Waals surface area (Å²) in [5.41, 5.74) is 2.44. The van der Waals surface area contributed by atoms with Gasteiger partial charge >= 0.3 is 0 Å². The molecule has 0 spiro atoms. The first kappa shape index (κ1) is 16.9. The highest BCUT2D eigenvalue weighted by atomic mass is 79.9. The quantitative estimate of drug-likeness (QED) is 0.576. The number of aryl methyl sites for hydroxylation is 1. The third kappa shape index (κ3) is 3.86. The number of ketones is 1. The van der Waals surface area contributed by atoms with Crippen LogP contribution in [0.15, 0.2) is 54.6 Å². The fraction of sp³-hybridized carbons (Fsp3) is 0.211. The number of nitrogens with zero attached hydrogens (tertiary/aromatic N) is 2. The molecule has 1 atom stereocenters. The third-order valence-corrected chi connectivity index (χ3v) is 4.68. The number of carbonyl (C=O) groups is 1. The largest absolute Gasteiger partial charge is 0.294 e. The smallest absolute Gasteiger partial charge is 0.204 e. The van der Waals surface area contributed by atoms with Gasteiger partial charge < -0.3 is 0 Å². The van der Waals surface area contributed by atoms with Crippen molar-refractivity contribution >= 4 is 21.7 Å². The standard InChI is InChI=1S/C19H15BrN2O/c1-14-7-9-16(10-8-14)18(23)11-17(19(20,12-21)13-22)15-5-3-2-4-6-15/h2-10,17H,11H2,1H3/t17-/m1/s1. The summed E-state index contributed by atoms with van der Waals surface area (Å²) in [6.07, 6.45) is 0.0828. The van der Waals surface area contributed by atoms with Crippen molar-refractivity contribution in [3.05, 3.63) is 71.3 Å². The summed E-state index contributed by atoms with van der Waals surface area (Å²) >= 11 is 3.22. The van der Waals surface area contributed by atoms with E-state index in [9.17, 15) is 15.3 Å². The maximum absolute atomic E-state index is 12.6. The Morgan fingerprint density at radius 2 is 1.65 bits per heavy atom. The van der Waals surface area contributed by atoms with Gasteiger partial charge in [0.2, 0.25) is 4.32 Å². The molecule has 2 aromatic rings. The first-order valence-electron chi connectivity index (χ1n) is 7.16. The summed E-state index contributed by atoms with van der Waals surface area (Å²) in [5.74, 6) is -0.638. The van der Waals surface area contributed by atoms with E-state index in [4.69, 9.17) is 0 Å². The summed E-state index contributed by atoms with van der Waals surface area (Å²) in [6, 6.07) is 20.5. The second-order valence-electron chi connectivity index (χ2n) is 5.39. The molecule has 0 saturated carbocycles. The van der Waals surface area contributed by atoms with Crippen molar-refractivity contribution in [1.29, 1.82) is 10.5 Å². The predicted octanol–water partition coefficient (Wildman–Crippen LogP) is 4.53. The minimum atomic E-state index is -1.44. The number of nitriles is 2. The maximum Gasteiger partial charge on any atom is 0.204 e. The van der Waals surface area contributed by atoms with Gasteiger partial charge in [0.1, 0.15) is 0 Å². The van der Waals surface area contributed by atoms with Crippen molar-refractivity contribution in [3.63, 3.8) is 0 Å². The van der Waals surface area contributed by atoms with E-state index in [1.54, 1.807) is 12.1 Å². The highest BCUT2D eigenvalue weighted by Gasteiger charge is 2.39. The molecule has 0 saturated heterocycles. The number of Topliss-reactive ketones (excluding diaryl/α,β-unsaturated/α-hetero) is 1. The first-order valence-corrected chi connectivity index (χ1v) is 7.95. The number of alkyl halides is 1. The number of rotatable bonds is 5. The van der Waals surface area contributed by atoms with Crippen LogP contribution in [0.25, 0.3) is 0 Å². The van der Waals surface area contributed by atoms with Gasteiger partial charge in [-0.15, -0.1) is 0 Å². The Kier molecular flexibility index (Phi) is 5.32. The molecule has 2 aromatic carbocycles. The van der Waals surface area contributed by atoms with Crippen molar-refractivity contribution in [2.45, 2.75) is 23.6 Å². The van der Waals surface area contributed by atoms with Crippen LogP contribution in [-0.2, 0) is 0 Å². The van der Waals surface area contributed by atoms with Crippen LogP contribution in [0.1, 0.15) is 33.8 Å². The molecule has 0 N–H and O–H groups in total. The van der Waals surface area contributed by atoms with Gasteiger partial charge in [-0.1, -0.05) is 76.1 Å². The molecule has 0 aliphatic heterocycles. The molecule has 114 valence electrons. The average molecular weight is 367 g/mol. The Hall–Kier alpha value is -2.43. The normalized spacial score (nSPS) is 12.0. The molecular weight excluding hydrogens is 352 g/mol. The second kappa shape index (κ2) is 7.22. The van der Waals surface area contributed by atoms with Crippen LogP contribution < -0.4 is 0 Å². The van der Waals surface area contributed by atoms with E-state index >= 15 is 0 Å². The number of halogens is 1. The fourth-order valence-electron chi connectivity index (χ4n) is 2.40. The highest BCUT2D eigenvalue weighted by Crippen LogP contribution is 2.38. The van der Waals surface area contributed by atoms with Crippen LogP contribution in [0.3, 0.4) is 0 Å². The van der Waals surface area contributed by atoms with Gasteiger partial charge in [0.15, 0.2) is 5.78 Å². The lowest BCUT2D eigenvalue weighted by Gasteiger charge is -2.24. The van der Waals surface area contributed by atoms with Gasteiger partial charge in [0.25, 0.3) is 0 Å². The summed E-state index contributed by atoms with van der Waals surface area (Å²) < 4.78 is -1.44. The zero-order valence-electron chi connectivity index (χ0n) is 12.7. The molecule has 0 bridgehead atoms. The molecule has 0 aliphatic rings. The first-order chi connectivity index (χ1) is 11.0. The fourth-order valence-corrected chi connectivity index (χ4v) is 2.82. The van der Waals surface area contributed by atoms with Gasteiger partial charge in [-0.25, -0.2) is 0 Å². The third-order valence-electron chi connectivity index (χ3n) is 3.77. The molecule has 23 heavy (non-hydrogen) atoms. The van der Waals surface area contributed by atoms with Crippen molar-refractivity contribution in [1.82, 2.24) is 0 Å². The molecule has 0 amide bonds. The van der Waals surface area contributed by atoms with Crippen molar-refractivity contribution in [2.75, 3.05) is 0 Å². The molecule has 0 unspecified atom stereocenters. The zero-order valence-corrected chi connectivity index (χ0v) is 14.2. The summed E-state index contributed by atoms with van der Waals surface area (Å²) in [7, 11) is 0. The van der Waals surface area contributed by atoms with Crippen LogP contribution in [0.5, 0.6) is 0 Å². The average Bonchev–Trinajstić information content (AvgIpc) is 2.60. The Morgan fingerprint density at radius 1 is 1.09 bits per heavy atom. The van der Waals surface area contributed by atoms with Gasteiger partial charge in [-0.3, -0.25) is 4.79 Å². The van der Waals surface area contributed by atoms with Crippen molar-refractivity contribution in [2.24, 2.45) is 0 Å². The van der Waals surface area contributed by atoms with E-state index in [0.717, 1.165) is 11.1 Å². The number of hydrogen-bond acceptors (Lipinski definition) is 3. The number of hydrogen-bond donors (Lipinski definition) is 0. The monoisotopic (exact) mass is 366 g/mol. The van der Waals surface area contributed by atoms with Crippen LogP contribution in [0, 0.1) is 29.6 Å². The number of benzene rings is 2.